The highest BCUT2D eigenvalue weighted by atomic mass is 35.5. The number of imide groups is 1. The van der Waals surface area contributed by atoms with Gasteiger partial charge in [0.2, 0.25) is 0 Å². The molecule has 3 amide bonds. The van der Waals surface area contributed by atoms with Crippen molar-refractivity contribution >= 4 is 29.6 Å². The molecule has 1 aliphatic rings. The maximum Gasteiger partial charge on any atom is 0.325 e. The van der Waals surface area contributed by atoms with Crippen molar-refractivity contribution in [2.24, 2.45) is 5.73 Å². The van der Waals surface area contributed by atoms with Gasteiger partial charge in [0.05, 0.1) is 0 Å². The van der Waals surface area contributed by atoms with E-state index in [1.165, 1.54) is 6.20 Å². The number of furan rings is 1. The molecule has 6 heteroatoms. The van der Waals surface area contributed by atoms with Crippen LogP contribution in [0.25, 0.3) is 17.4 Å². The third-order valence-electron chi connectivity index (χ3n) is 3.48. The van der Waals surface area contributed by atoms with E-state index in [0.717, 1.165) is 10.5 Å². The largest absolute Gasteiger partial charge is 0.457 e. The van der Waals surface area contributed by atoms with Gasteiger partial charge in [0, 0.05) is 22.4 Å². The maximum absolute atomic E-state index is 12.1. The Bertz CT molecular complexity index is 847. The number of nitrogens with two attached hydrogens (primary N) is 1. The summed E-state index contributed by atoms with van der Waals surface area (Å²) in [5.74, 6) is 0.712. The molecular weight excluding hydrogens is 316 g/mol. The summed E-state index contributed by atoms with van der Waals surface area (Å²) in [6.07, 6.45) is 3.01. The molecule has 0 bridgehead atoms. The Morgan fingerprint density at radius 1 is 1.22 bits per heavy atom. The lowest BCUT2D eigenvalue weighted by Crippen LogP contribution is -2.33. The highest BCUT2D eigenvalue weighted by Gasteiger charge is 2.29. The van der Waals surface area contributed by atoms with Crippen molar-refractivity contribution in [2.45, 2.75) is 6.92 Å². The third kappa shape index (κ3) is 2.91. The molecule has 0 saturated carbocycles. The first-order valence-corrected chi connectivity index (χ1v) is 7.23. The minimum atomic E-state index is -0.806. The highest BCUT2D eigenvalue weighted by Crippen LogP contribution is 2.28. The minimum absolute atomic E-state index is 0.376. The van der Waals surface area contributed by atoms with E-state index < -0.39 is 11.9 Å². The number of nitrogens with zero attached hydrogens (tertiary/aromatic N) is 1. The fraction of sp³-hybridized carbons (Fsp3) is 0.0588. The number of carbonyl (C=O) groups excluding carboxylic acids is 2. The number of hydrogen-bond acceptors (Lipinski definition) is 3. The number of urea groups is 1. The molecular formula is C17H13ClN2O3. The molecule has 1 aliphatic heterocycles. The van der Waals surface area contributed by atoms with E-state index in [4.69, 9.17) is 21.8 Å². The van der Waals surface area contributed by atoms with Gasteiger partial charge in [-0.05, 0) is 55.0 Å². The van der Waals surface area contributed by atoms with E-state index in [-0.39, 0.29) is 0 Å². The Hall–Kier alpha value is -2.79. The van der Waals surface area contributed by atoms with Crippen molar-refractivity contribution in [3.8, 4) is 11.3 Å². The number of hydrogen-bond donors (Lipinski definition) is 1. The zero-order valence-corrected chi connectivity index (χ0v) is 13.0. The summed E-state index contributed by atoms with van der Waals surface area (Å²) in [5, 5.41) is 0.645. The Labute approximate surface area is 137 Å². The molecule has 116 valence electrons. The van der Waals surface area contributed by atoms with Crippen LogP contribution in [0.15, 0.2) is 58.2 Å². The van der Waals surface area contributed by atoms with E-state index in [1.807, 2.05) is 12.1 Å². The zero-order chi connectivity index (χ0) is 16.6. The van der Waals surface area contributed by atoms with E-state index >= 15 is 0 Å². The number of rotatable bonds is 2. The lowest BCUT2D eigenvalue weighted by molar-refractivity contribution is -0.121. The molecule has 2 N–H and O–H groups in total. The topological polar surface area (TPSA) is 76.5 Å². The second-order valence-electron chi connectivity index (χ2n) is 5.09. The molecule has 2 heterocycles. The highest BCUT2D eigenvalue weighted by molar-refractivity contribution is 6.30. The van der Waals surface area contributed by atoms with Gasteiger partial charge in [-0.3, -0.25) is 4.79 Å². The van der Waals surface area contributed by atoms with Crippen molar-refractivity contribution in [3.63, 3.8) is 0 Å². The van der Waals surface area contributed by atoms with Gasteiger partial charge in [-0.15, -0.1) is 0 Å². The van der Waals surface area contributed by atoms with Crippen LogP contribution in [0.3, 0.4) is 0 Å². The Kier molecular flexibility index (Phi) is 3.80. The summed E-state index contributed by atoms with van der Waals surface area (Å²) in [4.78, 5) is 24.2. The molecule has 5 nitrogen and oxygen atoms in total. The molecule has 0 atom stereocenters. The van der Waals surface area contributed by atoms with Crippen LogP contribution in [0.4, 0.5) is 4.79 Å². The third-order valence-corrected chi connectivity index (χ3v) is 3.73. The lowest BCUT2D eigenvalue weighted by atomic mass is 10.1. The summed E-state index contributed by atoms with van der Waals surface area (Å²) in [6.45, 7) is 1.73. The molecule has 0 aliphatic carbocycles. The van der Waals surface area contributed by atoms with Crippen molar-refractivity contribution in [3.05, 3.63) is 64.5 Å². The number of benzene rings is 1. The molecule has 3 rings (SSSR count). The Balaban J connectivity index is 1.90. The zero-order valence-electron chi connectivity index (χ0n) is 12.2. The van der Waals surface area contributed by atoms with Gasteiger partial charge in [0.15, 0.2) is 0 Å². The van der Waals surface area contributed by atoms with Gasteiger partial charge >= 0.3 is 6.03 Å². The molecule has 1 aromatic carbocycles. The van der Waals surface area contributed by atoms with Crippen LogP contribution >= 0.6 is 11.6 Å². The summed E-state index contributed by atoms with van der Waals surface area (Å²) in [5.41, 5.74) is 7.06. The first-order chi connectivity index (χ1) is 11.0. The van der Waals surface area contributed by atoms with Crippen molar-refractivity contribution in [1.29, 1.82) is 0 Å². The molecule has 0 fully saturated rings. The number of halogens is 1. The van der Waals surface area contributed by atoms with E-state index in [2.05, 4.69) is 0 Å². The van der Waals surface area contributed by atoms with Crippen LogP contribution in [-0.4, -0.2) is 16.8 Å². The normalized spacial score (nSPS) is 16.1. The number of carbonyl (C=O) groups is 2. The molecule has 0 radical (unpaired) electrons. The molecule has 0 unspecified atom stereocenters. The minimum Gasteiger partial charge on any atom is -0.457 e. The first kappa shape index (κ1) is 15.1. The maximum atomic E-state index is 12.1. The van der Waals surface area contributed by atoms with E-state index in [0.29, 0.717) is 27.7 Å². The quantitative estimate of drug-likeness (QED) is 0.852. The van der Waals surface area contributed by atoms with Gasteiger partial charge in [-0.1, -0.05) is 11.6 Å². The molecule has 2 aromatic rings. The van der Waals surface area contributed by atoms with Crippen LogP contribution in [0.1, 0.15) is 12.7 Å². The fourth-order valence-electron chi connectivity index (χ4n) is 2.30. The van der Waals surface area contributed by atoms with E-state index in [9.17, 15) is 9.59 Å². The molecule has 23 heavy (non-hydrogen) atoms. The smallest absolute Gasteiger partial charge is 0.325 e. The van der Waals surface area contributed by atoms with Gasteiger partial charge in [0.1, 0.15) is 11.5 Å². The summed E-state index contributed by atoms with van der Waals surface area (Å²) in [7, 11) is 0. The van der Waals surface area contributed by atoms with Gasteiger partial charge in [-0.25, -0.2) is 9.69 Å². The Morgan fingerprint density at radius 3 is 2.52 bits per heavy atom. The summed E-state index contributed by atoms with van der Waals surface area (Å²) < 4.78 is 5.73. The van der Waals surface area contributed by atoms with Gasteiger partial charge in [0.25, 0.3) is 5.91 Å². The fourth-order valence-corrected chi connectivity index (χ4v) is 2.43. The number of primary amides is 1. The van der Waals surface area contributed by atoms with Crippen molar-refractivity contribution in [2.75, 3.05) is 0 Å². The Morgan fingerprint density at radius 2 is 1.91 bits per heavy atom. The van der Waals surface area contributed by atoms with Crippen LogP contribution < -0.4 is 5.73 Å². The SMILES string of the molecule is CC1=CN(C(N)=O)C(=O)/C1=C/c1ccc(-c2ccc(Cl)cc2)o1. The molecule has 1 aromatic heterocycles. The number of amides is 3. The average Bonchev–Trinajstić information content (AvgIpc) is 3.08. The predicted molar refractivity (Wildman–Crippen MR) is 87.3 cm³/mol. The van der Waals surface area contributed by atoms with Gasteiger partial charge < -0.3 is 10.2 Å². The summed E-state index contributed by atoms with van der Waals surface area (Å²) in [6, 6.07) is 9.99. The van der Waals surface area contributed by atoms with Crippen molar-refractivity contribution in [1.82, 2.24) is 4.90 Å². The van der Waals surface area contributed by atoms with Crippen LogP contribution in [0, 0.1) is 0 Å². The predicted octanol–water partition coefficient (Wildman–Crippen LogP) is 3.81. The monoisotopic (exact) mass is 328 g/mol. The summed E-state index contributed by atoms with van der Waals surface area (Å²) >= 11 is 5.86. The van der Waals surface area contributed by atoms with Crippen LogP contribution in [0.5, 0.6) is 0 Å². The molecule has 0 spiro atoms. The van der Waals surface area contributed by atoms with E-state index in [1.54, 1.807) is 37.3 Å². The second kappa shape index (κ2) is 5.78. The lowest BCUT2D eigenvalue weighted by Gasteiger charge is -2.06. The average molecular weight is 329 g/mol. The van der Waals surface area contributed by atoms with Crippen molar-refractivity contribution < 1.29 is 14.0 Å². The standard InChI is InChI=1S/C17H13ClN2O3/c1-10-9-20(17(19)22)16(21)14(10)8-13-6-7-15(23-13)11-2-4-12(18)5-3-11/h2-9H,1H3,(H2,19,22)/b14-8+. The van der Waals surface area contributed by atoms with Crippen LogP contribution in [0.2, 0.25) is 5.02 Å². The second-order valence-corrected chi connectivity index (χ2v) is 5.53. The van der Waals surface area contributed by atoms with Gasteiger partial charge in [-0.2, -0.15) is 0 Å². The first-order valence-electron chi connectivity index (χ1n) is 6.85. The molecule has 0 saturated heterocycles. The van der Waals surface area contributed by atoms with Crippen LogP contribution in [-0.2, 0) is 4.79 Å².